The number of carbonyl (C=O) groups excluding carboxylic acids is 1. The molecule has 17 heavy (non-hydrogen) atoms. The number of hydrogen-bond donors (Lipinski definition) is 0. The van der Waals surface area contributed by atoms with Crippen LogP contribution >= 0.6 is 0 Å². The fourth-order valence-corrected chi connectivity index (χ4v) is 3.78. The zero-order valence-electron chi connectivity index (χ0n) is 12.0. The van der Waals surface area contributed by atoms with Crippen molar-refractivity contribution in [3.63, 3.8) is 0 Å². The molecule has 0 amide bonds. The Hall–Kier alpha value is -0.590. The molecule has 2 aliphatic carbocycles. The fraction of sp³-hybridized carbons (Fsp3) is 0.812. The van der Waals surface area contributed by atoms with Gasteiger partial charge in [-0.2, -0.15) is 0 Å². The smallest absolute Gasteiger partial charge is 0.136 e. The highest BCUT2D eigenvalue weighted by Crippen LogP contribution is 2.54. The van der Waals surface area contributed by atoms with Gasteiger partial charge in [0.25, 0.3) is 0 Å². The Morgan fingerprint density at radius 3 is 2.59 bits per heavy atom. The molecule has 0 heterocycles. The topological polar surface area (TPSA) is 17.1 Å². The van der Waals surface area contributed by atoms with E-state index < -0.39 is 0 Å². The number of allylic oxidation sites excluding steroid dienone is 2. The molecule has 0 saturated heterocycles. The van der Waals surface area contributed by atoms with Gasteiger partial charge in [-0.1, -0.05) is 39.3 Å². The monoisotopic (exact) mass is 234 g/mol. The Labute approximate surface area is 106 Å². The summed E-state index contributed by atoms with van der Waals surface area (Å²) in [5.74, 6) is 1.39. The van der Waals surface area contributed by atoms with Gasteiger partial charge in [-0.05, 0) is 49.9 Å². The molecule has 2 rings (SSSR count). The molecule has 0 N–H and O–H groups in total. The lowest BCUT2D eigenvalue weighted by atomic mass is 9.55. The van der Waals surface area contributed by atoms with Crippen LogP contribution in [0.5, 0.6) is 0 Å². The van der Waals surface area contributed by atoms with Gasteiger partial charge in [0, 0.05) is 5.41 Å². The van der Waals surface area contributed by atoms with Gasteiger partial charge >= 0.3 is 0 Å². The summed E-state index contributed by atoms with van der Waals surface area (Å²) in [4.78, 5) is 12.0. The molecule has 0 bridgehead atoms. The van der Waals surface area contributed by atoms with Crippen LogP contribution in [-0.2, 0) is 4.79 Å². The van der Waals surface area contributed by atoms with Gasteiger partial charge in [-0.25, -0.2) is 0 Å². The highest BCUT2D eigenvalue weighted by molar-refractivity contribution is 5.82. The highest BCUT2D eigenvalue weighted by Gasteiger charge is 2.47. The molecule has 0 aromatic heterocycles. The quantitative estimate of drug-likeness (QED) is 0.616. The molecule has 0 aromatic rings. The first-order valence-corrected chi connectivity index (χ1v) is 6.99. The van der Waals surface area contributed by atoms with Gasteiger partial charge in [0.05, 0.1) is 0 Å². The lowest BCUT2D eigenvalue weighted by molar-refractivity contribution is -0.129. The maximum absolute atomic E-state index is 12.0. The lowest BCUT2D eigenvalue weighted by Gasteiger charge is -2.49. The lowest BCUT2D eigenvalue weighted by Crippen LogP contribution is -2.43. The van der Waals surface area contributed by atoms with Gasteiger partial charge in [-0.3, -0.25) is 4.79 Å². The van der Waals surface area contributed by atoms with E-state index in [0.29, 0.717) is 23.0 Å². The third-order valence-corrected chi connectivity index (χ3v) is 5.58. The van der Waals surface area contributed by atoms with E-state index in [2.05, 4.69) is 33.8 Å². The molecule has 1 fully saturated rings. The van der Waals surface area contributed by atoms with Gasteiger partial charge in [0.2, 0.25) is 0 Å². The van der Waals surface area contributed by atoms with E-state index in [0.717, 1.165) is 6.42 Å². The molecule has 1 unspecified atom stereocenters. The van der Waals surface area contributed by atoms with Crippen LogP contribution in [0.3, 0.4) is 0 Å². The Morgan fingerprint density at radius 1 is 1.35 bits per heavy atom. The van der Waals surface area contributed by atoms with Crippen LogP contribution in [0.25, 0.3) is 0 Å². The van der Waals surface area contributed by atoms with E-state index in [1.165, 1.54) is 19.3 Å². The zero-order chi connectivity index (χ0) is 12.8. The minimum Gasteiger partial charge on any atom is -0.299 e. The molecule has 0 radical (unpaired) electrons. The summed E-state index contributed by atoms with van der Waals surface area (Å²) in [7, 11) is 0. The molecule has 0 spiro atoms. The summed E-state index contributed by atoms with van der Waals surface area (Å²) in [6.45, 7) is 10.9. The fourth-order valence-electron chi connectivity index (χ4n) is 3.78. The van der Waals surface area contributed by atoms with Crippen molar-refractivity contribution in [2.75, 3.05) is 0 Å². The molecule has 2 aliphatic rings. The van der Waals surface area contributed by atoms with E-state index in [1.54, 1.807) is 12.5 Å². The van der Waals surface area contributed by atoms with Crippen molar-refractivity contribution < 1.29 is 4.79 Å². The third kappa shape index (κ3) is 1.98. The van der Waals surface area contributed by atoms with E-state index in [9.17, 15) is 4.79 Å². The molecule has 1 heteroatoms. The Morgan fingerprint density at radius 2 is 2.00 bits per heavy atom. The second-order valence-electron chi connectivity index (χ2n) is 7.10. The van der Waals surface area contributed by atoms with Crippen LogP contribution < -0.4 is 0 Å². The van der Waals surface area contributed by atoms with Crippen molar-refractivity contribution in [1.82, 2.24) is 0 Å². The second-order valence-corrected chi connectivity index (χ2v) is 7.10. The molecule has 3 atom stereocenters. The first-order valence-electron chi connectivity index (χ1n) is 6.99. The van der Waals surface area contributed by atoms with Gasteiger partial charge in [0.15, 0.2) is 0 Å². The van der Waals surface area contributed by atoms with Crippen molar-refractivity contribution in [2.45, 2.75) is 60.3 Å². The molecular formula is C16H26O. The first-order chi connectivity index (χ1) is 7.77. The predicted molar refractivity (Wildman–Crippen MR) is 71.8 cm³/mol. The van der Waals surface area contributed by atoms with Crippen molar-refractivity contribution >= 4 is 5.78 Å². The van der Waals surface area contributed by atoms with Gasteiger partial charge in [0.1, 0.15) is 5.78 Å². The number of carbonyl (C=O) groups is 1. The summed E-state index contributed by atoms with van der Waals surface area (Å²) < 4.78 is 0. The standard InChI is InChI=1S/C16H26O/c1-11-9-13-7-6-8-15(3,4)14(13)10-16(11,5)12(2)17/h9,11,14H,6-8,10H2,1-5H3/t11-,14?,16-/m0/s1. The third-order valence-electron chi connectivity index (χ3n) is 5.58. The molecule has 96 valence electrons. The van der Waals surface area contributed by atoms with Crippen LogP contribution in [-0.4, -0.2) is 5.78 Å². The maximum atomic E-state index is 12.0. The number of fused-ring (bicyclic) bond motifs is 1. The maximum Gasteiger partial charge on any atom is 0.136 e. The Kier molecular flexibility index (Phi) is 3.00. The highest BCUT2D eigenvalue weighted by atomic mass is 16.1. The summed E-state index contributed by atoms with van der Waals surface area (Å²) in [6.07, 6.45) is 7.35. The van der Waals surface area contributed by atoms with Crippen molar-refractivity contribution in [3.8, 4) is 0 Å². The molecular weight excluding hydrogens is 208 g/mol. The second kappa shape index (κ2) is 3.96. The average molecular weight is 234 g/mol. The van der Waals surface area contributed by atoms with E-state index >= 15 is 0 Å². The average Bonchev–Trinajstić information content (AvgIpc) is 2.21. The number of Topliss-reactive ketones (excluding diaryl/α,β-unsaturated/α-hetero) is 1. The normalized spacial score (nSPS) is 40.4. The largest absolute Gasteiger partial charge is 0.299 e. The number of hydrogen-bond acceptors (Lipinski definition) is 1. The summed E-state index contributed by atoms with van der Waals surface area (Å²) in [5.41, 5.74) is 1.87. The molecule has 0 aliphatic heterocycles. The van der Waals surface area contributed by atoms with Crippen LogP contribution in [0.15, 0.2) is 11.6 Å². The van der Waals surface area contributed by atoms with Crippen molar-refractivity contribution in [2.24, 2.45) is 22.7 Å². The van der Waals surface area contributed by atoms with E-state index in [1.807, 2.05) is 0 Å². The minimum atomic E-state index is -0.136. The van der Waals surface area contributed by atoms with Crippen molar-refractivity contribution in [1.29, 1.82) is 0 Å². The van der Waals surface area contributed by atoms with Crippen LogP contribution in [0.1, 0.15) is 60.3 Å². The first kappa shape index (κ1) is 12.9. The summed E-state index contributed by atoms with van der Waals surface area (Å²) in [6, 6.07) is 0. The zero-order valence-corrected chi connectivity index (χ0v) is 12.0. The summed E-state index contributed by atoms with van der Waals surface area (Å²) in [5, 5.41) is 0. The Bertz CT molecular complexity index is 364. The predicted octanol–water partition coefficient (Wildman–Crippen LogP) is 4.37. The van der Waals surface area contributed by atoms with Gasteiger partial charge in [-0.15, -0.1) is 0 Å². The molecule has 1 nitrogen and oxygen atoms in total. The minimum absolute atomic E-state index is 0.136. The van der Waals surface area contributed by atoms with E-state index in [-0.39, 0.29) is 5.41 Å². The van der Waals surface area contributed by atoms with Crippen LogP contribution in [0, 0.1) is 22.7 Å². The Balaban J connectivity index is 2.38. The number of rotatable bonds is 1. The van der Waals surface area contributed by atoms with E-state index in [4.69, 9.17) is 0 Å². The number of ketones is 1. The summed E-state index contributed by atoms with van der Waals surface area (Å²) >= 11 is 0. The van der Waals surface area contributed by atoms with Gasteiger partial charge < -0.3 is 0 Å². The van der Waals surface area contributed by atoms with Crippen LogP contribution in [0.4, 0.5) is 0 Å². The van der Waals surface area contributed by atoms with Crippen LogP contribution in [0.2, 0.25) is 0 Å². The molecule has 0 aromatic carbocycles. The SMILES string of the molecule is CC(=O)[C@@]1(C)CC2C(=C[C@@H]1C)CCCC2(C)C. The molecule has 1 saturated carbocycles. The van der Waals surface area contributed by atoms with Crippen molar-refractivity contribution in [3.05, 3.63) is 11.6 Å².